The van der Waals surface area contributed by atoms with Gasteiger partial charge in [0.15, 0.2) is 0 Å². The molecule has 0 spiro atoms. The molecule has 8 heteroatoms. The number of nitrogens with zero attached hydrogens (tertiary/aromatic N) is 3. The highest BCUT2D eigenvalue weighted by Crippen LogP contribution is 2.26. The molecule has 0 aliphatic carbocycles. The first-order valence-corrected chi connectivity index (χ1v) is 10.4. The number of aromatic nitrogens is 3. The van der Waals surface area contributed by atoms with E-state index in [1.165, 1.54) is 0 Å². The first-order chi connectivity index (χ1) is 15.6. The van der Waals surface area contributed by atoms with Gasteiger partial charge in [-0.05, 0) is 48.9 Å². The van der Waals surface area contributed by atoms with Crippen LogP contribution < -0.4 is 11.1 Å². The van der Waals surface area contributed by atoms with Gasteiger partial charge >= 0.3 is 0 Å². The van der Waals surface area contributed by atoms with E-state index in [2.05, 4.69) is 20.3 Å². The van der Waals surface area contributed by atoms with Gasteiger partial charge in [0.25, 0.3) is 5.91 Å². The molecule has 4 aromatic rings. The van der Waals surface area contributed by atoms with E-state index in [0.717, 1.165) is 22.3 Å². The Kier molecular flexibility index (Phi) is 5.03. The van der Waals surface area contributed by atoms with E-state index >= 15 is 0 Å². The number of para-hydroxylation sites is 1. The molecule has 8 nitrogen and oxygen atoms in total. The van der Waals surface area contributed by atoms with E-state index in [4.69, 9.17) is 5.73 Å². The zero-order valence-electron chi connectivity index (χ0n) is 17.2. The molecular weight excluding hydrogens is 404 g/mol. The summed E-state index contributed by atoms with van der Waals surface area (Å²) in [5.74, 6) is -0.0460. The van der Waals surface area contributed by atoms with E-state index < -0.39 is 11.9 Å². The Hall–Kier alpha value is -4.20. The van der Waals surface area contributed by atoms with Crippen molar-refractivity contribution in [1.82, 2.24) is 19.9 Å². The summed E-state index contributed by atoms with van der Waals surface area (Å²) in [6.07, 6.45) is 4.04. The topological polar surface area (TPSA) is 117 Å². The van der Waals surface area contributed by atoms with Crippen LogP contribution in [-0.4, -0.2) is 50.3 Å². The van der Waals surface area contributed by atoms with Crippen LogP contribution in [0.3, 0.4) is 0 Å². The Labute approximate surface area is 184 Å². The van der Waals surface area contributed by atoms with Gasteiger partial charge in [-0.2, -0.15) is 0 Å². The van der Waals surface area contributed by atoms with Gasteiger partial charge in [-0.25, -0.2) is 4.98 Å². The number of likely N-dealkylation sites (tertiary alicyclic amines) is 1. The molecule has 1 aliphatic rings. The van der Waals surface area contributed by atoms with Crippen LogP contribution >= 0.6 is 0 Å². The fourth-order valence-corrected chi connectivity index (χ4v) is 4.23. The van der Waals surface area contributed by atoms with Crippen molar-refractivity contribution in [3.63, 3.8) is 0 Å². The molecule has 2 aromatic carbocycles. The van der Waals surface area contributed by atoms with Crippen molar-refractivity contribution in [2.75, 3.05) is 11.9 Å². The van der Waals surface area contributed by atoms with Crippen molar-refractivity contribution in [3.05, 3.63) is 78.6 Å². The van der Waals surface area contributed by atoms with Crippen LogP contribution in [0.25, 0.3) is 22.4 Å². The minimum absolute atomic E-state index is 0.229. The van der Waals surface area contributed by atoms with Crippen LogP contribution in [0.2, 0.25) is 0 Å². The average molecular weight is 426 g/mol. The molecule has 1 aliphatic heterocycles. The number of carbonyl (C=O) groups excluding carboxylic acids is 2. The molecule has 32 heavy (non-hydrogen) atoms. The van der Waals surface area contributed by atoms with Crippen LogP contribution in [0.1, 0.15) is 16.8 Å². The van der Waals surface area contributed by atoms with Gasteiger partial charge in [0.05, 0.1) is 17.1 Å². The van der Waals surface area contributed by atoms with E-state index in [-0.39, 0.29) is 11.9 Å². The second-order valence-corrected chi connectivity index (χ2v) is 7.80. The Morgan fingerprint density at radius 3 is 2.59 bits per heavy atom. The summed E-state index contributed by atoms with van der Waals surface area (Å²) >= 11 is 0. The lowest BCUT2D eigenvalue weighted by Crippen LogP contribution is -2.50. The molecule has 1 fully saturated rings. The average Bonchev–Trinajstić information content (AvgIpc) is 3.44. The van der Waals surface area contributed by atoms with Crippen molar-refractivity contribution in [3.8, 4) is 11.4 Å². The zero-order valence-corrected chi connectivity index (χ0v) is 17.2. The van der Waals surface area contributed by atoms with Gasteiger partial charge in [-0.3, -0.25) is 14.6 Å². The Balaban J connectivity index is 1.40. The third-order valence-corrected chi connectivity index (χ3v) is 5.76. The number of carbonyl (C=O) groups is 2. The van der Waals surface area contributed by atoms with Crippen LogP contribution in [0, 0.1) is 0 Å². The van der Waals surface area contributed by atoms with E-state index in [1.54, 1.807) is 35.5 Å². The molecule has 5 rings (SSSR count). The van der Waals surface area contributed by atoms with Gasteiger partial charge < -0.3 is 20.9 Å². The number of imidazole rings is 1. The normalized spacial score (nSPS) is 18.1. The molecule has 0 saturated carbocycles. The molecule has 3 heterocycles. The minimum atomic E-state index is -0.729. The number of pyridine rings is 1. The largest absolute Gasteiger partial charge is 0.380 e. The van der Waals surface area contributed by atoms with Crippen LogP contribution in [0.5, 0.6) is 0 Å². The van der Waals surface area contributed by atoms with Crippen LogP contribution in [-0.2, 0) is 4.79 Å². The zero-order chi connectivity index (χ0) is 22.1. The standard InChI is InChI=1S/C24H22N6O2/c25-22(31)21-19(27-17-4-2-1-3-5-17)10-13-30(21)24(32)16-6-7-18-20(14-16)29-23(28-18)15-8-11-26-12-9-15/h1-9,11-12,14,19,21,27H,10,13H2,(H2,25,31)(H,28,29)/t19?,21-/m0/s1. The quantitative estimate of drug-likeness (QED) is 0.454. The Bertz CT molecular complexity index is 1270. The van der Waals surface area contributed by atoms with E-state index in [1.807, 2.05) is 42.5 Å². The van der Waals surface area contributed by atoms with Crippen molar-refractivity contribution >= 4 is 28.5 Å². The number of hydrogen-bond donors (Lipinski definition) is 3. The third-order valence-electron chi connectivity index (χ3n) is 5.76. The highest BCUT2D eigenvalue weighted by Gasteiger charge is 2.41. The predicted molar refractivity (Wildman–Crippen MR) is 122 cm³/mol. The summed E-state index contributed by atoms with van der Waals surface area (Å²) in [5.41, 5.74) is 9.49. The van der Waals surface area contributed by atoms with Crippen molar-refractivity contribution in [2.45, 2.75) is 18.5 Å². The van der Waals surface area contributed by atoms with Crippen molar-refractivity contribution < 1.29 is 9.59 Å². The predicted octanol–water partition coefficient (Wildman–Crippen LogP) is 2.81. The second-order valence-electron chi connectivity index (χ2n) is 7.80. The van der Waals surface area contributed by atoms with Crippen LogP contribution in [0.4, 0.5) is 5.69 Å². The van der Waals surface area contributed by atoms with Gasteiger partial charge in [-0.1, -0.05) is 18.2 Å². The number of H-pyrrole nitrogens is 1. The number of amides is 2. The summed E-state index contributed by atoms with van der Waals surface area (Å²) in [5, 5.41) is 3.34. The number of aromatic amines is 1. The van der Waals surface area contributed by atoms with Crippen LogP contribution in [0.15, 0.2) is 73.1 Å². The molecule has 4 N–H and O–H groups in total. The lowest BCUT2D eigenvalue weighted by Gasteiger charge is -2.26. The maximum Gasteiger partial charge on any atom is 0.254 e. The lowest BCUT2D eigenvalue weighted by molar-refractivity contribution is -0.121. The van der Waals surface area contributed by atoms with E-state index in [0.29, 0.717) is 24.4 Å². The molecule has 0 bridgehead atoms. The number of nitrogens with two attached hydrogens (primary N) is 1. The highest BCUT2D eigenvalue weighted by molar-refractivity contribution is 6.00. The monoisotopic (exact) mass is 426 g/mol. The van der Waals surface area contributed by atoms with Crippen molar-refractivity contribution in [2.24, 2.45) is 5.73 Å². The summed E-state index contributed by atoms with van der Waals surface area (Å²) in [6.45, 7) is 0.445. The molecule has 0 radical (unpaired) electrons. The maximum absolute atomic E-state index is 13.3. The molecule has 1 unspecified atom stereocenters. The van der Waals surface area contributed by atoms with Gasteiger partial charge in [0, 0.05) is 35.8 Å². The molecule has 160 valence electrons. The Morgan fingerprint density at radius 1 is 1.06 bits per heavy atom. The fraction of sp³-hybridized carbons (Fsp3) is 0.167. The molecular formula is C24H22N6O2. The first-order valence-electron chi connectivity index (χ1n) is 10.4. The van der Waals surface area contributed by atoms with E-state index in [9.17, 15) is 9.59 Å². The number of hydrogen-bond acceptors (Lipinski definition) is 5. The molecule has 2 aromatic heterocycles. The minimum Gasteiger partial charge on any atom is -0.380 e. The number of primary amides is 1. The van der Waals surface area contributed by atoms with Gasteiger partial charge in [0.1, 0.15) is 11.9 Å². The fourth-order valence-electron chi connectivity index (χ4n) is 4.23. The maximum atomic E-state index is 13.3. The smallest absolute Gasteiger partial charge is 0.254 e. The van der Waals surface area contributed by atoms with Crippen molar-refractivity contribution in [1.29, 1.82) is 0 Å². The van der Waals surface area contributed by atoms with Gasteiger partial charge in [0.2, 0.25) is 5.91 Å². The highest BCUT2D eigenvalue weighted by atomic mass is 16.2. The third kappa shape index (κ3) is 3.66. The molecule has 2 atom stereocenters. The number of fused-ring (bicyclic) bond motifs is 1. The Morgan fingerprint density at radius 2 is 1.84 bits per heavy atom. The summed E-state index contributed by atoms with van der Waals surface area (Å²) in [4.78, 5) is 39.1. The van der Waals surface area contributed by atoms with Gasteiger partial charge in [-0.15, -0.1) is 0 Å². The number of nitrogens with one attached hydrogen (secondary N) is 2. The SMILES string of the molecule is NC(=O)[C@@H]1C(Nc2ccccc2)CCN1C(=O)c1ccc2nc(-c3ccncc3)[nH]c2c1. The molecule has 2 amide bonds. The summed E-state index contributed by atoms with van der Waals surface area (Å²) in [6, 6.07) is 17.7. The number of anilines is 1. The molecule has 1 saturated heterocycles. The lowest BCUT2D eigenvalue weighted by atomic mass is 10.1. The second kappa shape index (κ2) is 8.14. The number of benzene rings is 2. The summed E-state index contributed by atoms with van der Waals surface area (Å²) < 4.78 is 0. The first kappa shape index (κ1) is 19.7. The summed E-state index contributed by atoms with van der Waals surface area (Å²) in [7, 11) is 0. The number of rotatable bonds is 5.